The van der Waals surface area contributed by atoms with Crippen LogP contribution in [0.15, 0.2) is 23.1 Å². The highest BCUT2D eigenvalue weighted by molar-refractivity contribution is 7.98. The van der Waals surface area contributed by atoms with E-state index < -0.39 is 17.8 Å². The van der Waals surface area contributed by atoms with Crippen molar-refractivity contribution in [2.45, 2.75) is 5.16 Å². The number of aromatic nitrogens is 2. The first-order chi connectivity index (χ1) is 9.02. The third-order valence-corrected chi connectivity index (χ3v) is 3.02. The van der Waals surface area contributed by atoms with E-state index in [-0.39, 0.29) is 5.57 Å². The first-order valence-electron chi connectivity index (χ1n) is 5.24. The lowest BCUT2D eigenvalue weighted by atomic mass is 10.1. The molecule has 0 bridgehead atoms. The molecule has 0 radical (unpaired) electrons. The van der Waals surface area contributed by atoms with Gasteiger partial charge in [-0.3, -0.25) is 19.8 Å². The molecule has 0 spiro atoms. The number of urea groups is 1. The summed E-state index contributed by atoms with van der Waals surface area (Å²) in [5.74, 6) is -1.37. The lowest BCUT2D eigenvalue weighted by Gasteiger charge is -2.22. The van der Waals surface area contributed by atoms with Crippen LogP contribution in [0.4, 0.5) is 4.79 Å². The van der Waals surface area contributed by atoms with Crippen molar-refractivity contribution >= 4 is 35.7 Å². The molecule has 1 aliphatic heterocycles. The number of thioether (sulfide) groups is 1. The number of hydrogen-bond acceptors (Lipinski definition) is 6. The zero-order valence-electron chi connectivity index (χ0n) is 10.2. The van der Waals surface area contributed by atoms with E-state index in [2.05, 4.69) is 15.3 Å². The Kier molecular flexibility index (Phi) is 3.61. The minimum absolute atomic E-state index is 0.123. The van der Waals surface area contributed by atoms with Crippen LogP contribution in [-0.4, -0.2) is 46.0 Å². The lowest BCUT2D eigenvalue weighted by molar-refractivity contribution is -0.129. The molecular weight excluding hydrogens is 268 g/mol. The number of amides is 4. The minimum atomic E-state index is -0.735. The molecule has 7 nitrogen and oxygen atoms in total. The maximum atomic E-state index is 11.8. The molecule has 1 N–H and O–H groups in total. The molecule has 1 fully saturated rings. The monoisotopic (exact) mass is 278 g/mol. The highest BCUT2D eigenvalue weighted by Crippen LogP contribution is 2.13. The Morgan fingerprint density at radius 2 is 1.89 bits per heavy atom. The van der Waals surface area contributed by atoms with Gasteiger partial charge >= 0.3 is 6.03 Å². The number of barbiturate groups is 1. The van der Waals surface area contributed by atoms with E-state index in [1.807, 2.05) is 6.26 Å². The van der Waals surface area contributed by atoms with Gasteiger partial charge in [0.25, 0.3) is 11.8 Å². The van der Waals surface area contributed by atoms with Gasteiger partial charge in [-0.25, -0.2) is 14.8 Å². The van der Waals surface area contributed by atoms with Crippen LogP contribution in [0.2, 0.25) is 0 Å². The van der Waals surface area contributed by atoms with E-state index in [4.69, 9.17) is 0 Å². The summed E-state index contributed by atoms with van der Waals surface area (Å²) in [6.07, 6.45) is 6.20. The molecular formula is C11H10N4O3S. The van der Waals surface area contributed by atoms with Gasteiger partial charge in [-0.15, -0.1) is 0 Å². The molecule has 4 amide bonds. The first kappa shape index (κ1) is 13.2. The smallest absolute Gasteiger partial charge is 0.273 e. The van der Waals surface area contributed by atoms with Crippen LogP contribution in [0.25, 0.3) is 6.08 Å². The van der Waals surface area contributed by atoms with E-state index in [1.165, 1.54) is 37.3 Å². The molecule has 2 heterocycles. The molecule has 0 aromatic carbocycles. The normalized spacial score (nSPS) is 17.9. The predicted molar refractivity (Wildman–Crippen MR) is 68.1 cm³/mol. The fourth-order valence-corrected chi connectivity index (χ4v) is 1.73. The van der Waals surface area contributed by atoms with Gasteiger partial charge < -0.3 is 0 Å². The number of imide groups is 2. The second-order valence-electron chi connectivity index (χ2n) is 3.68. The highest BCUT2D eigenvalue weighted by atomic mass is 32.2. The van der Waals surface area contributed by atoms with E-state index in [0.717, 1.165) is 4.90 Å². The Hall–Kier alpha value is -2.22. The second-order valence-corrected chi connectivity index (χ2v) is 4.46. The van der Waals surface area contributed by atoms with Gasteiger partial charge in [-0.2, -0.15) is 0 Å². The molecule has 1 saturated heterocycles. The summed E-state index contributed by atoms with van der Waals surface area (Å²) >= 11 is 1.38. The van der Waals surface area contributed by atoms with Crippen LogP contribution in [0.5, 0.6) is 0 Å². The summed E-state index contributed by atoms with van der Waals surface area (Å²) in [6, 6.07) is -0.735. The van der Waals surface area contributed by atoms with E-state index in [0.29, 0.717) is 10.7 Å². The highest BCUT2D eigenvalue weighted by Gasteiger charge is 2.32. The van der Waals surface area contributed by atoms with Gasteiger partial charge in [0, 0.05) is 25.0 Å². The lowest BCUT2D eigenvalue weighted by Crippen LogP contribution is -2.52. The molecule has 1 aromatic rings. The summed E-state index contributed by atoms with van der Waals surface area (Å²) < 4.78 is 0. The standard InChI is InChI=1S/C11H10N4O3S/c1-15-9(17)7(8(16)14-11(15)18)3-6-4-12-10(19-2)13-5-6/h3-5H,1-2H3,(H,14,16,18)/b7-3+. The minimum Gasteiger partial charge on any atom is -0.273 e. The molecule has 1 aromatic heterocycles. The second kappa shape index (κ2) is 5.19. The molecule has 1 aliphatic rings. The number of hydrogen-bond donors (Lipinski definition) is 1. The quantitative estimate of drug-likeness (QED) is 0.362. The van der Waals surface area contributed by atoms with Crippen molar-refractivity contribution in [2.24, 2.45) is 0 Å². The zero-order valence-corrected chi connectivity index (χ0v) is 11.0. The average molecular weight is 278 g/mol. The number of carbonyl (C=O) groups is 3. The Bertz CT molecular complexity index is 582. The van der Waals surface area contributed by atoms with E-state index >= 15 is 0 Å². The van der Waals surface area contributed by atoms with Crippen molar-refractivity contribution < 1.29 is 14.4 Å². The molecule has 0 aliphatic carbocycles. The van der Waals surface area contributed by atoms with Gasteiger partial charge in [0.1, 0.15) is 5.57 Å². The SMILES string of the molecule is CSc1ncc(/C=C2\C(=O)NC(=O)N(C)C2=O)cn1. The molecule has 98 valence electrons. The van der Waals surface area contributed by atoms with Gasteiger partial charge in [0.15, 0.2) is 5.16 Å². The number of nitrogens with zero attached hydrogens (tertiary/aromatic N) is 3. The molecule has 0 atom stereocenters. The van der Waals surface area contributed by atoms with E-state index in [9.17, 15) is 14.4 Å². The number of rotatable bonds is 2. The van der Waals surface area contributed by atoms with Gasteiger partial charge in [0.2, 0.25) is 0 Å². The average Bonchev–Trinajstić information content (AvgIpc) is 2.42. The van der Waals surface area contributed by atoms with Crippen LogP contribution in [0.1, 0.15) is 5.56 Å². The van der Waals surface area contributed by atoms with Crippen molar-refractivity contribution in [3.63, 3.8) is 0 Å². The number of likely N-dealkylation sites (N-methyl/N-ethyl adjacent to an activating group) is 1. The van der Waals surface area contributed by atoms with Gasteiger partial charge in [0.05, 0.1) is 0 Å². The molecule has 2 rings (SSSR count). The van der Waals surface area contributed by atoms with Crippen LogP contribution in [0.3, 0.4) is 0 Å². The summed E-state index contributed by atoms with van der Waals surface area (Å²) in [6.45, 7) is 0. The maximum Gasteiger partial charge on any atom is 0.331 e. The van der Waals surface area contributed by atoms with Gasteiger partial charge in [-0.05, 0) is 12.3 Å². The van der Waals surface area contributed by atoms with E-state index in [1.54, 1.807) is 0 Å². The van der Waals surface area contributed by atoms with Crippen molar-refractivity contribution in [1.29, 1.82) is 0 Å². The van der Waals surface area contributed by atoms with Crippen molar-refractivity contribution in [3.8, 4) is 0 Å². The molecule has 8 heteroatoms. The van der Waals surface area contributed by atoms with Gasteiger partial charge in [-0.1, -0.05) is 11.8 Å². The Morgan fingerprint density at radius 3 is 2.47 bits per heavy atom. The molecule has 0 saturated carbocycles. The predicted octanol–water partition coefficient (Wildman–Crippen LogP) is 0.290. The molecule has 0 unspecified atom stereocenters. The van der Waals surface area contributed by atoms with Crippen LogP contribution >= 0.6 is 11.8 Å². The topological polar surface area (TPSA) is 92.3 Å². The van der Waals surface area contributed by atoms with Crippen LogP contribution < -0.4 is 5.32 Å². The summed E-state index contributed by atoms with van der Waals surface area (Å²) in [7, 11) is 1.30. The first-order valence-corrected chi connectivity index (χ1v) is 6.46. The number of carbonyl (C=O) groups excluding carboxylic acids is 3. The van der Waals surface area contributed by atoms with Crippen LogP contribution in [-0.2, 0) is 9.59 Å². The third kappa shape index (κ3) is 2.63. The number of nitrogens with one attached hydrogen (secondary N) is 1. The van der Waals surface area contributed by atoms with Crippen molar-refractivity contribution in [1.82, 2.24) is 20.2 Å². The maximum absolute atomic E-state index is 11.8. The van der Waals surface area contributed by atoms with Crippen LogP contribution in [0, 0.1) is 0 Å². The largest absolute Gasteiger partial charge is 0.331 e. The summed E-state index contributed by atoms with van der Waals surface area (Å²) in [5.41, 5.74) is 0.390. The fraction of sp³-hybridized carbons (Fsp3) is 0.182. The summed E-state index contributed by atoms with van der Waals surface area (Å²) in [5, 5.41) is 2.66. The Labute approximate surface area is 113 Å². The fourth-order valence-electron chi connectivity index (χ4n) is 1.42. The Morgan fingerprint density at radius 1 is 1.26 bits per heavy atom. The van der Waals surface area contributed by atoms with Crippen molar-refractivity contribution in [2.75, 3.05) is 13.3 Å². The molecule has 19 heavy (non-hydrogen) atoms. The Balaban J connectivity index is 2.33. The van der Waals surface area contributed by atoms with Crippen molar-refractivity contribution in [3.05, 3.63) is 23.5 Å². The zero-order chi connectivity index (χ0) is 14.0. The third-order valence-electron chi connectivity index (χ3n) is 2.45. The summed E-state index contributed by atoms with van der Waals surface area (Å²) in [4.78, 5) is 43.5.